The minimum absolute atomic E-state index is 0.0434. The van der Waals surface area contributed by atoms with Crippen LogP contribution in [0.15, 0.2) is 9.98 Å². The van der Waals surface area contributed by atoms with E-state index >= 15 is 0 Å². The highest BCUT2D eigenvalue weighted by Crippen LogP contribution is 2.38. The van der Waals surface area contributed by atoms with Gasteiger partial charge >= 0.3 is 0 Å². The van der Waals surface area contributed by atoms with Gasteiger partial charge in [0, 0.05) is 0 Å². The lowest BCUT2D eigenvalue weighted by Gasteiger charge is -2.27. The van der Waals surface area contributed by atoms with Crippen molar-refractivity contribution < 1.29 is 9.47 Å². The third-order valence-electron chi connectivity index (χ3n) is 5.38. The van der Waals surface area contributed by atoms with Crippen LogP contribution in [0.1, 0.15) is 64.2 Å². The number of hydrogen-bond donors (Lipinski definition) is 0. The fourth-order valence-corrected chi connectivity index (χ4v) is 4.12. The number of aliphatic imine (C=N–C) groups is 2. The van der Waals surface area contributed by atoms with E-state index in [1.165, 1.54) is 38.5 Å². The van der Waals surface area contributed by atoms with Gasteiger partial charge in [0.2, 0.25) is 0 Å². The Morgan fingerprint density at radius 2 is 1.00 bits per heavy atom. The Bertz CT molecular complexity index is 401. The molecular weight excluding hydrogens is 252 g/mol. The van der Waals surface area contributed by atoms with Crippen LogP contribution in [-0.2, 0) is 9.47 Å². The molecule has 0 amide bonds. The molecule has 4 nitrogen and oxygen atoms in total. The van der Waals surface area contributed by atoms with Gasteiger partial charge in [0.1, 0.15) is 13.2 Å². The molecule has 2 aliphatic carbocycles. The molecule has 4 rings (SSSR count). The maximum Gasteiger partial charge on any atom is 0.273 e. The van der Waals surface area contributed by atoms with Crippen molar-refractivity contribution in [1.29, 1.82) is 0 Å². The topological polar surface area (TPSA) is 43.2 Å². The Labute approximate surface area is 120 Å². The van der Waals surface area contributed by atoms with Gasteiger partial charge in [-0.1, -0.05) is 38.5 Å². The van der Waals surface area contributed by atoms with Gasteiger partial charge in [-0.05, 0) is 25.7 Å². The van der Waals surface area contributed by atoms with Crippen molar-refractivity contribution in [2.75, 3.05) is 13.2 Å². The normalized spacial score (nSPS) is 30.8. The Hall–Kier alpha value is -1.06. The van der Waals surface area contributed by atoms with E-state index in [0.717, 1.165) is 38.9 Å². The molecule has 4 heteroatoms. The van der Waals surface area contributed by atoms with Crippen LogP contribution in [0.3, 0.4) is 0 Å². The van der Waals surface area contributed by atoms with Crippen LogP contribution in [0.2, 0.25) is 0 Å². The summed E-state index contributed by atoms with van der Waals surface area (Å²) in [5.41, 5.74) is 0.0869. The fraction of sp³-hybridized carbons (Fsp3) is 0.875. The first-order chi connectivity index (χ1) is 9.79. The van der Waals surface area contributed by atoms with Gasteiger partial charge in [-0.25, -0.2) is 9.98 Å². The SMILES string of the molecule is C1CCC2(CC1)COC(C1=NC3(CCCCC3)CO1)=N2. The molecule has 20 heavy (non-hydrogen) atoms. The third-order valence-corrected chi connectivity index (χ3v) is 5.38. The average molecular weight is 276 g/mol. The highest BCUT2D eigenvalue weighted by molar-refractivity contribution is 6.36. The van der Waals surface area contributed by atoms with E-state index in [4.69, 9.17) is 19.5 Å². The summed E-state index contributed by atoms with van der Waals surface area (Å²) in [6, 6.07) is 0. The van der Waals surface area contributed by atoms with E-state index in [1.54, 1.807) is 0 Å². The fourth-order valence-electron chi connectivity index (χ4n) is 4.12. The molecule has 2 fully saturated rings. The van der Waals surface area contributed by atoms with Crippen molar-refractivity contribution in [2.24, 2.45) is 9.98 Å². The molecule has 2 heterocycles. The largest absolute Gasteiger partial charge is 0.471 e. The molecule has 2 saturated carbocycles. The van der Waals surface area contributed by atoms with Gasteiger partial charge in [0.05, 0.1) is 11.1 Å². The minimum atomic E-state index is 0.0434. The van der Waals surface area contributed by atoms with Crippen LogP contribution < -0.4 is 0 Å². The summed E-state index contributed by atoms with van der Waals surface area (Å²) in [7, 11) is 0. The maximum absolute atomic E-state index is 5.86. The molecule has 0 radical (unpaired) electrons. The summed E-state index contributed by atoms with van der Waals surface area (Å²) in [6.07, 6.45) is 12.4. The van der Waals surface area contributed by atoms with Crippen LogP contribution in [0.25, 0.3) is 0 Å². The zero-order valence-electron chi connectivity index (χ0n) is 12.2. The molecule has 0 bridgehead atoms. The first-order valence-corrected chi connectivity index (χ1v) is 8.25. The standard InChI is InChI=1S/C16H24N2O2/c1-3-7-15(8-4-1)11-19-13(17-15)14-18-16(12-20-14)9-5-2-6-10-16/h1-12H2. The molecule has 4 aliphatic rings. The number of ether oxygens (including phenoxy) is 2. The first kappa shape index (κ1) is 12.7. The lowest BCUT2D eigenvalue weighted by molar-refractivity contribution is 0.199. The molecule has 110 valence electrons. The van der Waals surface area contributed by atoms with E-state index in [2.05, 4.69) is 0 Å². The predicted molar refractivity (Wildman–Crippen MR) is 78.4 cm³/mol. The molecule has 0 unspecified atom stereocenters. The summed E-state index contributed by atoms with van der Waals surface area (Å²) in [5, 5.41) is 0. The minimum Gasteiger partial charge on any atom is -0.471 e. The van der Waals surface area contributed by atoms with Gasteiger partial charge in [-0.3, -0.25) is 0 Å². The van der Waals surface area contributed by atoms with Crippen LogP contribution >= 0.6 is 0 Å². The Morgan fingerprint density at radius 1 is 0.600 bits per heavy atom. The van der Waals surface area contributed by atoms with E-state index in [-0.39, 0.29) is 11.1 Å². The average Bonchev–Trinajstić information content (AvgIpc) is 3.07. The van der Waals surface area contributed by atoms with Gasteiger partial charge < -0.3 is 9.47 Å². The van der Waals surface area contributed by atoms with Crippen molar-refractivity contribution in [3.05, 3.63) is 0 Å². The van der Waals surface area contributed by atoms with Crippen LogP contribution in [0.4, 0.5) is 0 Å². The van der Waals surface area contributed by atoms with Crippen molar-refractivity contribution in [3.8, 4) is 0 Å². The lowest BCUT2D eigenvalue weighted by Crippen LogP contribution is -2.30. The van der Waals surface area contributed by atoms with Gasteiger partial charge in [-0.2, -0.15) is 0 Å². The summed E-state index contributed by atoms with van der Waals surface area (Å²) >= 11 is 0. The lowest BCUT2D eigenvalue weighted by atomic mass is 9.83. The second-order valence-electron chi connectivity index (χ2n) is 6.98. The summed E-state index contributed by atoms with van der Waals surface area (Å²) in [4.78, 5) is 9.76. The molecule has 0 saturated heterocycles. The van der Waals surface area contributed by atoms with Gasteiger partial charge in [0.25, 0.3) is 11.8 Å². The second kappa shape index (κ2) is 4.74. The molecule has 2 spiro atoms. The van der Waals surface area contributed by atoms with E-state index < -0.39 is 0 Å². The van der Waals surface area contributed by atoms with Crippen LogP contribution in [-0.4, -0.2) is 36.1 Å². The number of nitrogens with zero attached hydrogens (tertiary/aromatic N) is 2. The Balaban J connectivity index is 1.53. The Morgan fingerprint density at radius 3 is 1.40 bits per heavy atom. The zero-order valence-corrected chi connectivity index (χ0v) is 12.2. The molecule has 0 aromatic carbocycles. The van der Waals surface area contributed by atoms with Crippen molar-refractivity contribution in [1.82, 2.24) is 0 Å². The highest BCUT2D eigenvalue weighted by atomic mass is 16.5. The van der Waals surface area contributed by atoms with Crippen molar-refractivity contribution >= 4 is 11.8 Å². The Kier molecular flexibility index (Phi) is 3.00. The maximum atomic E-state index is 5.86. The van der Waals surface area contributed by atoms with Crippen LogP contribution in [0, 0.1) is 0 Å². The zero-order chi connectivity index (χ0) is 13.5. The number of rotatable bonds is 1. The second-order valence-corrected chi connectivity index (χ2v) is 6.98. The molecule has 2 aliphatic heterocycles. The number of hydrogen-bond acceptors (Lipinski definition) is 4. The van der Waals surface area contributed by atoms with Gasteiger partial charge in [-0.15, -0.1) is 0 Å². The molecule has 0 aromatic heterocycles. The van der Waals surface area contributed by atoms with Crippen LogP contribution in [0.5, 0.6) is 0 Å². The monoisotopic (exact) mass is 276 g/mol. The molecule has 0 N–H and O–H groups in total. The van der Waals surface area contributed by atoms with E-state index in [9.17, 15) is 0 Å². The van der Waals surface area contributed by atoms with E-state index in [0.29, 0.717) is 11.8 Å². The highest BCUT2D eigenvalue weighted by Gasteiger charge is 2.44. The quantitative estimate of drug-likeness (QED) is 0.738. The third kappa shape index (κ3) is 2.13. The van der Waals surface area contributed by atoms with Crippen molar-refractivity contribution in [2.45, 2.75) is 75.3 Å². The molecule has 0 atom stereocenters. The van der Waals surface area contributed by atoms with Gasteiger partial charge in [0.15, 0.2) is 0 Å². The summed E-state index contributed by atoms with van der Waals surface area (Å²) in [5.74, 6) is 1.38. The molecule has 0 aromatic rings. The van der Waals surface area contributed by atoms with Crippen molar-refractivity contribution in [3.63, 3.8) is 0 Å². The first-order valence-electron chi connectivity index (χ1n) is 8.25. The van der Waals surface area contributed by atoms with E-state index in [1.807, 2.05) is 0 Å². The summed E-state index contributed by atoms with van der Waals surface area (Å²) < 4.78 is 11.7. The predicted octanol–water partition coefficient (Wildman–Crippen LogP) is 3.25. The summed E-state index contributed by atoms with van der Waals surface area (Å²) in [6.45, 7) is 1.47. The molecular formula is C16H24N2O2. The smallest absolute Gasteiger partial charge is 0.273 e.